The molecule has 0 saturated carbocycles. The van der Waals surface area contributed by atoms with Gasteiger partial charge in [-0.2, -0.15) is 0 Å². The molecule has 3 N–H and O–H groups in total. The Balaban J connectivity index is 0.00000729. The molecule has 0 unspecified atom stereocenters. The maximum absolute atomic E-state index is 11.9. The molecule has 1 aromatic rings. The highest BCUT2D eigenvalue weighted by Gasteiger charge is 2.11. The minimum atomic E-state index is -0.178. The van der Waals surface area contributed by atoms with Crippen molar-refractivity contribution < 1.29 is 13.9 Å². The monoisotopic (exact) mass is 509 g/mol. The van der Waals surface area contributed by atoms with Gasteiger partial charge in [0, 0.05) is 58.5 Å². The van der Waals surface area contributed by atoms with Crippen molar-refractivity contribution in [1.82, 2.24) is 20.9 Å². The lowest BCUT2D eigenvalue weighted by Crippen LogP contribution is -2.41. The van der Waals surface area contributed by atoms with Crippen LogP contribution in [0.1, 0.15) is 35.9 Å². The Labute approximate surface area is 185 Å². The lowest BCUT2D eigenvalue weighted by Gasteiger charge is -2.18. The molecule has 0 atom stereocenters. The summed E-state index contributed by atoms with van der Waals surface area (Å²) in [4.78, 5) is 18.8. The van der Waals surface area contributed by atoms with E-state index in [1.165, 1.54) is 6.26 Å². The maximum atomic E-state index is 11.9. The van der Waals surface area contributed by atoms with Gasteiger partial charge in [0.1, 0.15) is 0 Å². The predicted octanol–water partition coefficient (Wildman–Crippen LogP) is 1.85. The van der Waals surface area contributed by atoms with E-state index in [4.69, 9.17) is 9.15 Å². The van der Waals surface area contributed by atoms with Gasteiger partial charge in [0.2, 0.25) is 0 Å². The maximum Gasteiger partial charge on any atom is 0.287 e. The Hall–Kier alpha value is -1.33. The molecule has 0 radical (unpaired) electrons. The number of carbonyl (C=O) groups excluding carboxylic acids is 1. The number of methoxy groups -OCH3 is 1. The van der Waals surface area contributed by atoms with Crippen LogP contribution in [0.5, 0.6) is 0 Å². The van der Waals surface area contributed by atoms with E-state index < -0.39 is 0 Å². The smallest absolute Gasteiger partial charge is 0.287 e. The number of likely N-dealkylation sites (N-methyl/N-ethyl adjacent to an activating group) is 1. The second-order valence-corrected chi connectivity index (χ2v) is 6.38. The van der Waals surface area contributed by atoms with Crippen LogP contribution in [0.25, 0.3) is 0 Å². The molecule has 28 heavy (non-hydrogen) atoms. The molecule has 0 bridgehead atoms. The molecule has 0 aliphatic heterocycles. The van der Waals surface area contributed by atoms with E-state index in [1.807, 2.05) is 13.8 Å². The molecular formula is C19H36IN5O3. The molecule has 1 amide bonds. The Morgan fingerprint density at radius 1 is 1.21 bits per heavy atom. The number of ether oxygens (including phenoxy) is 1. The van der Waals surface area contributed by atoms with E-state index in [9.17, 15) is 4.79 Å². The van der Waals surface area contributed by atoms with Gasteiger partial charge in [-0.15, -0.1) is 24.0 Å². The normalized spacial score (nSPS) is 11.2. The molecule has 0 aromatic carbocycles. The molecule has 0 fully saturated rings. The fourth-order valence-electron chi connectivity index (χ4n) is 2.45. The Bertz CT molecular complexity index is 566. The zero-order valence-electron chi connectivity index (χ0n) is 17.5. The third kappa shape index (κ3) is 11.5. The summed E-state index contributed by atoms with van der Waals surface area (Å²) < 4.78 is 10.2. The summed E-state index contributed by atoms with van der Waals surface area (Å²) >= 11 is 0. The molecule has 1 heterocycles. The zero-order chi connectivity index (χ0) is 19.9. The number of hydrogen-bond acceptors (Lipinski definition) is 5. The lowest BCUT2D eigenvalue weighted by molar-refractivity contribution is 0.0925. The van der Waals surface area contributed by atoms with Gasteiger partial charge in [-0.1, -0.05) is 0 Å². The van der Waals surface area contributed by atoms with Crippen LogP contribution >= 0.6 is 24.0 Å². The molecule has 8 nitrogen and oxygen atoms in total. The highest BCUT2D eigenvalue weighted by molar-refractivity contribution is 14.0. The van der Waals surface area contributed by atoms with Crippen LogP contribution < -0.4 is 16.0 Å². The topological polar surface area (TPSA) is 91.1 Å². The van der Waals surface area contributed by atoms with E-state index >= 15 is 0 Å². The van der Waals surface area contributed by atoms with Gasteiger partial charge in [-0.3, -0.25) is 9.79 Å². The van der Waals surface area contributed by atoms with Crippen molar-refractivity contribution in [2.75, 3.05) is 60.0 Å². The van der Waals surface area contributed by atoms with E-state index in [2.05, 4.69) is 32.9 Å². The van der Waals surface area contributed by atoms with Crippen LogP contribution in [-0.2, 0) is 4.74 Å². The summed E-state index contributed by atoms with van der Waals surface area (Å²) in [6, 6.07) is 1.78. The first-order valence-corrected chi connectivity index (χ1v) is 9.60. The zero-order valence-corrected chi connectivity index (χ0v) is 19.9. The summed E-state index contributed by atoms with van der Waals surface area (Å²) in [5, 5.41) is 9.43. The van der Waals surface area contributed by atoms with Crippen LogP contribution in [0.15, 0.2) is 21.7 Å². The third-order valence-electron chi connectivity index (χ3n) is 3.98. The van der Waals surface area contributed by atoms with Gasteiger partial charge in [0.05, 0.1) is 6.26 Å². The van der Waals surface area contributed by atoms with Crippen molar-refractivity contribution in [3.05, 3.63) is 23.7 Å². The van der Waals surface area contributed by atoms with Gasteiger partial charge >= 0.3 is 0 Å². The van der Waals surface area contributed by atoms with Crippen molar-refractivity contribution in [2.24, 2.45) is 4.99 Å². The first-order valence-electron chi connectivity index (χ1n) is 9.60. The molecule has 162 valence electrons. The van der Waals surface area contributed by atoms with E-state index in [-0.39, 0.29) is 29.9 Å². The van der Waals surface area contributed by atoms with Gasteiger partial charge in [-0.05, 0) is 39.8 Å². The largest absolute Gasteiger partial charge is 0.459 e. The standard InChI is InChI=1S/C19H35N5O3.HI/c1-5-20-19(23-11-13-24(3)12-7-14-26-4)22-10-6-9-21-18(25)17-16(2)8-15-27-17;/h8,15H,5-7,9-14H2,1-4H3,(H,21,25)(H2,20,22,23);1H. The molecule has 0 saturated heterocycles. The van der Waals surface area contributed by atoms with Crippen molar-refractivity contribution in [2.45, 2.75) is 26.7 Å². The molecular weight excluding hydrogens is 473 g/mol. The number of guanidine groups is 1. The van der Waals surface area contributed by atoms with Gasteiger partial charge < -0.3 is 30.0 Å². The highest BCUT2D eigenvalue weighted by atomic mass is 127. The number of nitrogens with zero attached hydrogens (tertiary/aromatic N) is 2. The van der Waals surface area contributed by atoms with Gasteiger partial charge in [0.15, 0.2) is 11.7 Å². The molecule has 0 aliphatic carbocycles. The number of aryl methyl sites for hydroxylation is 1. The summed E-state index contributed by atoms with van der Waals surface area (Å²) in [6.45, 7) is 9.46. The summed E-state index contributed by atoms with van der Waals surface area (Å²) in [7, 11) is 3.83. The highest BCUT2D eigenvalue weighted by Crippen LogP contribution is 2.07. The summed E-state index contributed by atoms with van der Waals surface area (Å²) in [5.74, 6) is 1.00. The van der Waals surface area contributed by atoms with Crippen molar-refractivity contribution >= 4 is 35.8 Å². The predicted molar refractivity (Wildman–Crippen MR) is 124 cm³/mol. The first kappa shape index (κ1) is 26.7. The number of halogens is 1. The number of nitrogens with one attached hydrogen (secondary N) is 3. The van der Waals surface area contributed by atoms with Crippen LogP contribution in [0.3, 0.4) is 0 Å². The number of amides is 1. The van der Waals surface area contributed by atoms with Crippen LogP contribution in [0.2, 0.25) is 0 Å². The fraction of sp³-hybridized carbons (Fsp3) is 0.684. The quantitative estimate of drug-likeness (QED) is 0.163. The number of hydrogen-bond donors (Lipinski definition) is 3. The van der Waals surface area contributed by atoms with Crippen molar-refractivity contribution in [1.29, 1.82) is 0 Å². The van der Waals surface area contributed by atoms with Gasteiger partial charge in [0.25, 0.3) is 5.91 Å². The van der Waals surface area contributed by atoms with E-state index in [0.29, 0.717) is 18.8 Å². The average molecular weight is 509 g/mol. The van der Waals surface area contributed by atoms with Crippen LogP contribution in [0, 0.1) is 6.92 Å². The number of furan rings is 1. The minimum absolute atomic E-state index is 0. The molecule has 0 spiro atoms. The Morgan fingerprint density at radius 3 is 2.64 bits per heavy atom. The Morgan fingerprint density at radius 2 is 2.00 bits per heavy atom. The fourth-order valence-corrected chi connectivity index (χ4v) is 2.45. The lowest BCUT2D eigenvalue weighted by atomic mass is 10.2. The molecule has 1 aromatic heterocycles. The van der Waals surface area contributed by atoms with Crippen LogP contribution in [-0.4, -0.2) is 76.8 Å². The van der Waals surface area contributed by atoms with Crippen LogP contribution in [0.4, 0.5) is 0 Å². The summed E-state index contributed by atoms with van der Waals surface area (Å²) in [6.07, 6.45) is 3.32. The first-order chi connectivity index (χ1) is 13.1. The van der Waals surface area contributed by atoms with E-state index in [1.54, 1.807) is 13.2 Å². The second kappa shape index (κ2) is 16.6. The third-order valence-corrected chi connectivity index (χ3v) is 3.98. The molecule has 9 heteroatoms. The second-order valence-electron chi connectivity index (χ2n) is 6.38. The molecule has 1 rings (SSSR count). The minimum Gasteiger partial charge on any atom is -0.459 e. The Kier molecular flexibility index (Phi) is 15.8. The summed E-state index contributed by atoms with van der Waals surface area (Å²) in [5.41, 5.74) is 0.844. The number of carbonyl (C=O) groups is 1. The van der Waals surface area contributed by atoms with E-state index in [0.717, 1.165) is 57.2 Å². The van der Waals surface area contributed by atoms with Crippen molar-refractivity contribution in [3.8, 4) is 0 Å². The average Bonchev–Trinajstić information content (AvgIpc) is 3.07. The molecule has 0 aliphatic rings. The SMILES string of the molecule is CCNC(=NCCCNC(=O)c1occc1C)NCCN(C)CCCOC.I. The van der Waals surface area contributed by atoms with Crippen molar-refractivity contribution in [3.63, 3.8) is 0 Å². The number of aliphatic imine (C=N–C) groups is 1. The number of rotatable bonds is 13. The van der Waals surface area contributed by atoms with Gasteiger partial charge in [-0.25, -0.2) is 0 Å².